The molecule has 4 nitrogen and oxygen atoms in total. The minimum Gasteiger partial charge on any atom is -0.393 e. The molecule has 1 aliphatic heterocycles. The number of nitrogens with two attached hydrogens (primary N) is 1. The van der Waals surface area contributed by atoms with E-state index in [2.05, 4.69) is 10.2 Å². The van der Waals surface area contributed by atoms with Crippen LogP contribution in [0.2, 0.25) is 0 Å². The van der Waals surface area contributed by atoms with E-state index in [1.54, 1.807) is 0 Å². The highest BCUT2D eigenvalue weighted by Gasteiger charge is 2.24. The van der Waals surface area contributed by atoms with Gasteiger partial charge in [-0.05, 0) is 32.7 Å². The van der Waals surface area contributed by atoms with Crippen LogP contribution in [-0.2, 0) is 4.79 Å². The molecule has 1 saturated heterocycles. The molecule has 0 aliphatic carbocycles. The quantitative estimate of drug-likeness (QED) is 0.524. The van der Waals surface area contributed by atoms with Crippen molar-refractivity contribution in [1.82, 2.24) is 10.2 Å². The molecule has 0 aromatic heterocycles. The van der Waals surface area contributed by atoms with Gasteiger partial charge in [-0.3, -0.25) is 9.69 Å². The van der Waals surface area contributed by atoms with Crippen LogP contribution in [0, 0.1) is 0 Å². The molecule has 5 heteroatoms. The second-order valence-electron chi connectivity index (χ2n) is 3.93. The van der Waals surface area contributed by atoms with Crippen molar-refractivity contribution in [1.29, 1.82) is 0 Å². The standard InChI is InChI=1S/C10H19N3OS/c1-8-10(14)12-5-7-13(8)6-3-2-4-9(11)15/h8H,2-7H2,1H3,(H2,11,15)(H,12,14). The highest BCUT2D eigenvalue weighted by molar-refractivity contribution is 7.80. The Morgan fingerprint density at radius 2 is 2.40 bits per heavy atom. The Labute approximate surface area is 96.2 Å². The molecule has 1 amide bonds. The van der Waals surface area contributed by atoms with Crippen molar-refractivity contribution < 1.29 is 4.79 Å². The van der Waals surface area contributed by atoms with Crippen LogP contribution in [0.5, 0.6) is 0 Å². The molecule has 0 bridgehead atoms. The van der Waals surface area contributed by atoms with Crippen molar-refractivity contribution in [2.24, 2.45) is 5.73 Å². The highest BCUT2D eigenvalue weighted by Crippen LogP contribution is 2.06. The van der Waals surface area contributed by atoms with Gasteiger partial charge in [0.15, 0.2) is 0 Å². The van der Waals surface area contributed by atoms with Crippen LogP contribution < -0.4 is 11.1 Å². The molecule has 0 radical (unpaired) electrons. The summed E-state index contributed by atoms with van der Waals surface area (Å²) in [7, 11) is 0. The number of rotatable bonds is 5. The third kappa shape index (κ3) is 4.13. The maximum Gasteiger partial charge on any atom is 0.237 e. The van der Waals surface area contributed by atoms with E-state index >= 15 is 0 Å². The molecule has 1 unspecified atom stereocenters. The van der Waals surface area contributed by atoms with Gasteiger partial charge in [-0.2, -0.15) is 0 Å². The van der Waals surface area contributed by atoms with E-state index < -0.39 is 0 Å². The molecule has 0 spiro atoms. The summed E-state index contributed by atoms with van der Waals surface area (Å²) >= 11 is 4.81. The minimum absolute atomic E-state index is 0.00331. The van der Waals surface area contributed by atoms with Gasteiger partial charge in [-0.25, -0.2) is 0 Å². The molecule has 0 saturated carbocycles. The number of amides is 1. The largest absolute Gasteiger partial charge is 0.393 e. The van der Waals surface area contributed by atoms with Gasteiger partial charge in [0, 0.05) is 13.1 Å². The SMILES string of the molecule is CC1C(=O)NCCN1CCCCC(N)=S. The van der Waals surface area contributed by atoms with Gasteiger partial charge in [0.1, 0.15) is 0 Å². The van der Waals surface area contributed by atoms with Gasteiger partial charge in [-0.15, -0.1) is 0 Å². The first kappa shape index (κ1) is 12.4. The lowest BCUT2D eigenvalue weighted by Gasteiger charge is -2.32. The van der Waals surface area contributed by atoms with Gasteiger partial charge in [0.25, 0.3) is 0 Å². The van der Waals surface area contributed by atoms with E-state index in [-0.39, 0.29) is 11.9 Å². The third-order valence-corrected chi connectivity index (χ3v) is 2.95. The van der Waals surface area contributed by atoms with E-state index in [1.807, 2.05) is 6.92 Å². The average molecular weight is 229 g/mol. The van der Waals surface area contributed by atoms with Crippen LogP contribution in [0.3, 0.4) is 0 Å². The van der Waals surface area contributed by atoms with Crippen LogP contribution in [0.4, 0.5) is 0 Å². The lowest BCUT2D eigenvalue weighted by molar-refractivity contribution is -0.128. The second kappa shape index (κ2) is 6.02. The lowest BCUT2D eigenvalue weighted by Crippen LogP contribution is -2.53. The van der Waals surface area contributed by atoms with Crippen molar-refractivity contribution in [3.8, 4) is 0 Å². The fourth-order valence-corrected chi connectivity index (χ4v) is 1.89. The van der Waals surface area contributed by atoms with Gasteiger partial charge < -0.3 is 11.1 Å². The first-order valence-electron chi connectivity index (χ1n) is 5.41. The smallest absolute Gasteiger partial charge is 0.237 e. The Kier molecular flexibility index (Phi) is 4.98. The number of carbonyl (C=O) groups excluding carboxylic acids is 1. The summed E-state index contributed by atoms with van der Waals surface area (Å²) < 4.78 is 0. The zero-order chi connectivity index (χ0) is 11.3. The number of unbranched alkanes of at least 4 members (excludes halogenated alkanes) is 1. The predicted molar refractivity (Wildman–Crippen MR) is 64.7 cm³/mol. The van der Waals surface area contributed by atoms with Gasteiger partial charge in [-0.1, -0.05) is 12.2 Å². The van der Waals surface area contributed by atoms with Crippen molar-refractivity contribution in [2.45, 2.75) is 32.2 Å². The van der Waals surface area contributed by atoms with E-state index in [0.717, 1.165) is 38.9 Å². The first-order valence-corrected chi connectivity index (χ1v) is 5.82. The number of nitrogens with one attached hydrogen (secondary N) is 1. The molecule has 15 heavy (non-hydrogen) atoms. The molecule has 0 aromatic carbocycles. The maximum atomic E-state index is 11.4. The van der Waals surface area contributed by atoms with Gasteiger partial charge in [0.2, 0.25) is 5.91 Å². The van der Waals surface area contributed by atoms with E-state index in [4.69, 9.17) is 18.0 Å². The Bertz CT molecular complexity index is 245. The molecule has 1 rings (SSSR count). The van der Waals surface area contributed by atoms with E-state index in [9.17, 15) is 4.79 Å². The van der Waals surface area contributed by atoms with Crippen LogP contribution >= 0.6 is 12.2 Å². The van der Waals surface area contributed by atoms with Gasteiger partial charge in [0.05, 0.1) is 11.0 Å². The Balaban J connectivity index is 2.19. The van der Waals surface area contributed by atoms with Crippen molar-refractivity contribution in [3.05, 3.63) is 0 Å². The molecule has 0 aromatic rings. The highest BCUT2D eigenvalue weighted by atomic mass is 32.1. The molecule has 1 heterocycles. The number of thiocarbonyl (C=S) groups is 1. The molecule has 86 valence electrons. The second-order valence-corrected chi connectivity index (χ2v) is 4.45. The minimum atomic E-state index is 0.00331. The third-order valence-electron chi connectivity index (χ3n) is 2.74. The maximum absolute atomic E-state index is 11.4. The molecular formula is C10H19N3OS. The fourth-order valence-electron chi connectivity index (χ4n) is 1.75. The lowest BCUT2D eigenvalue weighted by atomic mass is 10.1. The molecular weight excluding hydrogens is 210 g/mol. The van der Waals surface area contributed by atoms with Crippen LogP contribution in [0.1, 0.15) is 26.2 Å². The Hall–Kier alpha value is -0.680. The number of hydrogen-bond acceptors (Lipinski definition) is 3. The number of hydrogen-bond donors (Lipinski definition) is 2. The summed E-state index contributed by atoms with van der Waals surface area (Å²) in [5.74, 6) is 0.135. The van der Waals surface area contributed by atoms with Gasteiger partial charge >= 0.3 is 0 Å². The summed E-state index contributed by atoms with van der Waals surface area (Å²) in [5, 5.41) is 2.85. The van der Waals surface area contributed by atoms with E-state index in [1.165, 1.54) is 0 Å². The molecule has 1 atom stereocenters. The van der Waals surface area contributed by atoms with Crippen molar-refractivity contribution >= 4 is 23.1 Å². The average Bonchev–Trinajstić information content (AvgIpc) is 2.18. The fraction of sp³-hybridized carbons (Fsp3) is 0.800. The summed E-state index contributed by atoms with van der Waals surface area (Å²) in [5.41, 5.74) is 5.41. The zero-order valence-corrected chi connectivity index (χ0v) is 9.98. The first-order chi connectivity index (χ1) is 7.11. The topological polar surface area (TPSA) is 58.4 Å². The number of carbonyl (C=O) groups is 1. The van der Waals surface area contributed by atoms with Crippen LogP contribution in [0.25, 0.3) is 0 Å². The normalized spacial score (nSPS) is 22.5. The Morgan fingerprint density at radius 1 is 1.67 bits per heavy atom. The monoisotopic (exact) mass is 229 g/mol. The molecule has 3 N–H and O–H groups in total. The predicted octanol–water partition coefficient (Wildman–Crippen LogP) is 0.263. The van der Waals surface area contributed by atoms with E-state index in [0.29, 0.717) is 4.99 Å². The zero-order valence-electron chi connectivity index (χ0n) is 9.16. The Morgan fingerprint density at radius 3 is 3.07 bits per heavy atom. The number of nitrogens with zero attached hydrogens (tertiary/aromatic N) is 1. The van der Waals surface area contributed by atoms with Crippen molar-refractivity contribution in [3.63, 3.8) is 0 Å². The molecule has 1 aliphatic rings. The summed E-state index contributed by atoms with van der Waals surface area (Å²) in [4.78, 5) is 14.1. The summed E-state index contributed by atoms with van der Waals surface area (Å²) in [6.07, 6.45) is 2.87. The van der Waals surface area contributed by atoms with Crippen molar-refractivity contribution in [2.75, 3.05) is 19.6 Å². The summed E-state index contributed by atoms with van der Waals surface area (Å²) in [6, 6.07) is 0.00331. The summed E-state index contributed by atoms with van der Waals surface area (Å²) in [6.45, 7) is 4.61. The number of piperazine rings is 1. The van der Waals surface area contributed by atoms with Crippen LogP contribution in [0.15, 0.2) is 0 Å². The molecule has 1 fully saturated rings. The van der Waals surface area contributed by atoms with Crippen LogP contribution in [-0.4, -0.2) is 41.5 Å².